The maximum Gasteiger partial charge on any atom is 0.277 e. The maximum absolute atomic E-state index is 12.5. The highest BCUT2D eigenvalue weighted by molar-refractivity contribution is 7.99. The number of benzene rings is 1. The lowest BCUT2D eigenvalue weighted by Crippen LogP contribution is -2.17. The van der Waals surface area contributed by atoms with E-state index in [2.05, 4.69) is 31.0 Å². The van der Waals surface area contributed by atoms with Gasteiger partial charge >= 0.3 is 0 Å². The van der Waals surface area contributed by atoms with Gasteiger partial charge in [-0.05, 0) is 42.0 Å². The number of methoxy groups -OCH3 is 1. The lowest BCUT2D eigenvalue weighted by Gasteiger charge is -2.06. The number of carbonyl (C=O) groups excluding carboxylic acids is 1. The van der Waals surface area contributed by atoms with E-state index in [-0.39, 0.29) is 22.9 Å². The SMILES string of the molecule is COc1ccc(Cn2nnnc2SCC(=O)Nc2oc(C)c3c(C)n[nH]c(=O)c23)cc1. The number of aromatic nitrogens is 6. The van der Waals surface area contributed by atoms with Gasteiger partial charge in [0.1, 0.15) is 16.9 Å². The number of aryl methyl sites for hydroxylation is 2. The number of rotatable bonds is 7. The van der Waals surface area contributed by atoms with Gasteiger partial charge in [0.25, 0.3) is 5.56 Å². The summed E-state index contributed by atoms with van der Waals surface area (Å²) in [4.78, 5) is 24.7. The Morgan fingerprint density at radius 1 is 1.26 bits per heavy atom. The molecule has 0 saturated carbocycles. The molecule has 3 aromatic heterocycles. The van der Waals surface area contributed by atoms with Crippen LogP contribution < -0.4 is 15.6 Å². The monoisotopic (exact) mass is 441 g/mol. The van der Waals surface area contributed by atoms with Crippen LogP contribution in [0, 0.1) is 13.8 Å². The van der Waals surface area contributed by atoms with E-state index in [1.165, 1.54) is 11.8 Å². The molecular weight excluding hydrogens is 422 g/mol. The molecule has 12 heteroatoms. The average Bonchev–Trinajstić information content (AvgIpc) is 3.34. The van der Waals surface area contributed by atoms with Gasteiger partial charge in [0, 0.05) is 0 Å². The van der Waals surface area contributed by atoms with Crippen molar-refractivity contribution >= 4 is 34.3 Å². The third kappa shape index (κ3) is 4.28. The second kappa shape index (κ2) is 8.60. The van der Waals surface area contributed by atoms with Crippen LogP contribution in [0.2, 0.25) is 0 Å². The first-order chi connectivity index (χ1) is 15.0. The first-order valence-corrected chi connectivity index (χ1v) is 10.2. The van der Waals surface area contributed by atoms with Crippen molar-refractivity contribution in [2.45, 2.75) is 25.5 Å². The van der Waals surface area contributed by atoms with E-state index in [1.54, 1.807) is 25.6 Å². The van der Waals surface area contributed by atoms with E-state index in [1.807, 2.05) is 24.3 Å². The topological polar surface area (TPSA) is 141 Å². The second-order valence-corrected chi connectivity index (χ2v) is 7.62. The van der Waals surface area contributed by atoms with Crippen molar-refractivity contribution < 1.29 is 13.9 Å². The van der Waals surface area contributed by atoms with Crippen LogP contribution in [-0.2, 0) is 11.3 Å². The van der Waals surface area contributed by atoms with Crippen LogP contribution in [0.25, 0.3) is 10.8 Å². The van der Waals surface area contributed by atoms with Gasteiger partial charge < -0.3 is 9.15 Å². The zero-order chi connectivity index (χ0) is 22.0. The van der Waals surface area contributed by atoms with Gasteiger partial charge in [0.05, 0.1) is 30.5 Å². The molecular formula is C19H19N7O4S. The van der Waals surface area contributed by atoms with Gasteiger partial charge in [0.2, 0.25) is 16.9 Å². The summed E-state index contributed by atoms with van der Waals surface area (Å²) in [6.45, 7) is 3.92. The van der Waals surface area contributed by atoms with E-state index < -0.39 is 5.56 Å². The van der Waals surface area contributed by atoms with Crippen molar-refractivity contribution in [3.05, 3.63) is 51.6 Å². The minimum absolute atomic E-state index is 0.0339. The van der Waals surface area contributed by atoms with E-state index >= 15 is 0 Å². The average molecular weight is 441 g/mol. The fraction of sp³-hybridized carbons (Fsp3) is 0.263. The van der Waals surface area contributed by atoms with Gasteiger partial charge in [-0.1, -0.05) is 23.9 Å². The van der Waals surface area contributed by atoms with Crippen molar-refractivity contribution in [1.82, 2.24) is 30.4 Å². The Morgan fingerprint density at radius 2 is 2.03 bits per heavy atom. The fourth-order valence-electron chi connectivity index (χ4n) is 3.13. The third-order valence-corrected chi connectivity index (χ3v) is 5.53. The van der Waals surface area contributed by atoms with Crippen molar-refractivity contribution in [2.75, 3.05) is 18.2 Å². The molecule has 1 amide bonds. The number of carbonyl (C=O) groups is 1. The number of anilines is 1. The number of ether oxygens (including phenoxy) is 1. The number of hydrogen-bond donors (Lipinski definition) is 2. The van der Waals surface area contributed by atoms with Crippen LogP contribution in [0.3, 0.4) is 0 Å². The Bertz CT molecular complexity index is 1290. The van der Waals surface area contributed by atoms with Crippen LogP contribution in [-0.4, -0.2) is 49.2 Å². The summed E-state index contributed by atoms with van der Waals surface area (Å²) in [6.07, 6.45) is 0. The third-order valence-electron chi connectivity index (χ3n) is 4.57. The molecule has 2 N–H and O–H groups in total. The van der Waals surface area contributed by atoms with E-state index in [4.69, 9.17) is 9.15 Å². The van der Waals surface area contributed by atoms with E-state index in [0.29, 0.717) is 28.5 Å². The molecule has 31 heavy (non-hydrogen) atoms. The van der Waals surface area contributed by atoms with Crippen LogP contribution in [0.15, 0.2) is 38.6 Å². The minimum Gasteiger partial charge on any atom is -0.497 e. The van der Waals surface area contributed by atoms with E-state index in [9.17, 15) is 9.59 Å². The zero-order valence-electron chi connectivity index (χ0n) is 17.0. The first-order valence-electron chi connectivity index (χ1n) is 9.26. The van der Waals surface area contributed by atoms with Crippen molar-refractivity contribution in [1.29, 1.82) is 0 Å². The Hall–Kier alpha value is -3.67. The summed E-state index contributed by atoms with van der Waals surface area (Å²) in [5, 5.41) is 22.0. The molecule has 0 radical (unpaired) electrons. The van der Waals surface area contributed by atoms with E-state index in [0.717, 1.165) is 11.3 Å². The molecule has 0 atom stereocenters. The molecule has 0 aliphatic rings. The lowest BCUT2D eigenvalue weighted by atomic mass is 10.2. The van der Waals surface area contributed by atoms with Crippen molar-refractivity contribution in [3.63, 3.8) is 0 Å². The highest BCUT2D eigenvalue weighted by atomic mass is 32.2. The van der Waals surface area contributed by atoms with Gasteiger partial charge in [-0.15, -0.1) is 5.10 Å². The number of thioether (sulfide) groups is 1. The van der Waals surface area contributed by atoms with Gasteiger partial charge in [-0.3, -0.25) is 14.9 Å². The zero-order valence-corrected chi connectivity index (χ0v) is 17.8. The summed E-state index contributed by atoms with van der Waals surface area (Å²) in [5.41, 5.74) is 1.17. The second-order valence-electron chi connectivity index (χ2n) is 6.68. The Balaban J connectivity index is 1.43. The smallest absolute Gasteiger partial charge is 0.277 e. The van der Waals surface area contributed by atoms with Gasteiger partial charge in [-0.2, -0.15) is 5.10 Å². The standard InChI is InChI=1S/C19H19N7O4S/c1-10-15-11(2)30-18(16(15)17(28)22-21-10)20-14(27)9-31-19-23-24-25-26(19)8-12-4-6-13(29-3)7-5-12/h4-7H,8-9H2,1-3H3,(H,20,27)(H,22,28). The normalized spacial score (nSPS) is 11.1. The lowest BCUT2D eigenvalue weighted by molar-refractivity contribution is -0.113. The number of fused-ring (bicyclic) bond motifs is 1. The number of nitrogens with zero attached hydrogens (tertiary/aromatic N) is 5. The van der Waals surface area contributed by atoms with Crippen LogP contribution >= 0.6 is 11.8 Å². The number of hydrogen-bond acceptors (Lipinski definition) is 9. The predicted molar refractivity (Wildman–Crippen MR) is 113 cm³/mol. The van der Waals surface area contributed by atoms with Crippen LogP contribution in [0.5, 0.6) is 5.75 Å². The summed E-state index contributed by atoms with van der Waals surface area (Å²) < 4.78 is 12.4. The molecule has 0 bridgehead atoms. The number of tetrazole rings is 1. The molecule has 0 aliphatic carbocycles. The summed E-state index contributed by atoms with van der Waals surface area (Å²) in [6, 6.07) is 7.55. The Kier molecular flexibility index (Phi) is 5.71. The molecule has 11 nitrogen and oxygen atoms in total. The Labute approximate surface area is 180 Å². The minimum atomic E-state index is -0.427. The molecule has 3 heterocycles. The molecule has 0 fully saturated rings. The Morgan fingerprint density at radius 3 is 2.77 bits per heavy atom. The summed E-state index contributed by atoms with van der Waals surface area (Å²) >= 11 is 1.18. The highest BCUT2D eigenvalue weighted by Crippen LogP contribution is 2.28. The van der Waals surface area contributed by atoms with Crippen LogP contribution in [0.1, 0.15) is 17.0 Å². The molecule has 4 aromatic rings. The molecule has 0 aliphatic heterocycles. The molecule has 160 valence electrons. The molecule has 0 spiro atoms. The predicted octanol–water partition coefficient (Wildman–Crippen LogP) is 1.91. The fourth-order valence-corrected chi connectivity index (χ4v) is 3.80. The number of H-pyrrole nitrogens is 1. The maximum atomic E-state index is 12.5. The summed E-state index contributed by atoms with van der Waals surface area (Å²) in [7, 11) is 1.61. The molecule has 4 rings (SSSR count). The van der Waals surface area contributed by atoms with Crippen LogP contribution in [0.4, 0.5) is 5.88 Å². The highest BCUT2D eigenvalue weighted by Gasteiger charge is 2.19. The summed E-state index contributed by atoms with van der Waals surface area (Å²) in [5.74, 6) is 1.05. The van der Waals surface area contributed by atoms with Gasteiger partial charge in [0.15, 0.2) is 0 Å². The first kappa shape index (κ1) is 20.6. The number of amides is 1. The molecule has 0 unspecified atom stereocenters. The quantitative estimate of drug-likeness (QED) is 0.411. The number of furan rings is 1. The van der Waals surface area contributed by atoms with Gasteiger partial charge in [-0.25, -0.2) is 9.78 Å². The molecule has 1 aromatic carbocycles. The van der Waals surface area contributed by atoms with Crippen molar-refractivity contribution in [3.8, 4) is 5.75 Å². The number of nitrogens with one attached hydrogen (secondary N) is 2. The number of aromatic amines is 1. The molecule has 0 saturated heterocycles. The van der Waals surface area contributed by atoms with Crippen molar-refractivity contribution in [2.24, 2.45) is 0 Å². The largest absolute Gasteiger partial charge is 0.497 e.